The lowest BCUT2D eigenvalue weighted by Crippen LogP contribution is -2.38. The van der Waals surface area contributed by atoms with Crippen LogP contribution in [-0.4, -0.2) is 67.4 Å². The number of nitrogens with zero attached hydrogens (tertiary/aromatic N) is 1. The Kier molecular flexibility index (Phi) is 6.78. The van der Waals surface area contributed by atoms with E-state index in [1.165, 1.54) is 37.3 Å². The Morgan fingerprint density at radius 1 is 1.29 bits per heavy atom. The highest BCUT2D eigenvalue weighted by Crippen LogP contribution is 2.26. The molecule has 0 bridgehead atoms. The predicted molar refractivity (Wildman–Crippen MR) is 122 cm³/mol. The van der Waals surface area contributed by atoms with Gasteiger partial charge < -0.3 is 14.8 Å². The molecule has 0 unspecified atom stereocenters. The molecule has 1 aromatic carbocycles. The number of nitrogens with one attached hydrogen (secondary N) is 2. The van der Waals surface area contributed by atoms with Crippen molar-refractivity contribution in [3.05, 3.63) is 47.4 Å². The number of carbonyl (C=O) groups is 1. The second kappa shape index (κ2) is 9.01. The van der Waals surface area contributed by atoms with E-state index in [1.54, 1.807) is 0 Å². The smallest absolute Gasteiger partial charge is 0.260 e. The molecule has 13 heteroatoms. The van der Waals surface area contributed by atoms with E-state index >= 15 is 0 Å². The number of ether oxygens (including phenoxy) is 2. The average molecular weight is 445 g/mol. The van der Waals surface area contributed by atoms with Gasteiger partial charge in [0, 0.05) is 17.9 Å². The lowest BCUT2D eigenvalue weighted by atomic mass is 9.52. The normalized spacial score (nSPS) is 16.8. The quantitative estimate of drug-likeness (QED) is 0.516. The van der Waals surface area contributed by atoms with Crippen molar-refractivity contribution in [2.24, 2.45) is 0 Å². The van der Waals surface area contributed by atoms with Crippen molar-refractivity contribution in [1.29, 1.82) is 0 Å². The van der Waals surface area contributed by atoms with Gasteiger partial charge in [-0.3, -0.25) is 4.79 Å². The molecule has 1 aliphatic heterocycles. The van der Waals surface area contributed by atoms with Gasteiger partial charge in [0.2, 0.25) is 10.0 Å². The van der Waals surface area contributed by atoms with Crippen LogP contribution >= 0.6 is 0 Å². The maximum atomic E-state index is 13.5. The third-order valence-electron chi connectivity index (χ3n) is 4.44. The molecule has 0 radical (unpaired) electrons. The minimum atomic E-state index is -3.88. The Balaban J connectivity index is 1.94. The van der Waals surface area contributed by atoms with Crippen molar-refractivity contribution in [2.45, 2.75) is 29.6 Å². The first-order chi connectivity index (χ1) is 14.4. The van der Waals surface area contributed by atoms with Crippen LogP contribution in [0.15, 0.2) is 35.2 Å². The first-order valence-electron chi connectivity index (χ1n) is 9.82. The van der Waals surface area contributed by atoms with Crippen LogP contribution in [0.2, 0.25) is 0 Å². The van der Waals surface area contributed by atoms with Crippen LogP contribution in [0.25, 0.3) is 0 Å². The standard InChI is InChI=1S/C18H23B3FN3O5S/c1-10-14(22)3-5-16(23-10)24-17(26)13-8-12(2-4-15(13)30-18(19,20)21)31(27,28)25-11-6-7-29-9-11/h2-5,8,11,25H,6-7,9,19-21H2,1H3,(H,23,24,26)/t11-/m0/s1. The number of hydrogen-bond donors (Lipinski definition) is 2. The number of anilines is 1. The summed E-state index contributed by atoms with van der Waals surface area (Å²) in [4.78, 5) is 16.9. The van der Waals surface area contributed by atoms with E-state index in [0.29, 0.717) is 19.6 Å². The largest absolute Gasteiger partial charge is 0.513 e. The summed E-state index contributed by atoms with van der Waals surface area (Å²) in [5.41, 5.74) is 0.146. The fourth-order valence-electron chi connectivity index (χ4n) is 2.98. The Morgan fingerprint density at radius 2 is 2.03 bits per heavy atom. The molecule has 8 nitrogen and oxygen atoms in total. The summed E-state index contributed by atoms with van der Waals surface area (Å²) in [5, 5.41) is 1.95. The van der Waals surface area contributed by atoms with Crippen LogP contribution in [0.1, 0.15) is 22.5 Å². The van der Waals surface area contributed by atoms with Gasteiger partial charge in [-0.25, -0.2) is 22.5 Å². The summed E-state index contributed by atoms with van der Waals surface area (Å²) in [7, 11) is 1.56. The molecule has 2 N–H and O–H groups in total. The van der Waals surface area contributed by atoms with Gasteiger partial charge in [-0.1, -0.05) is 0 Å². The molecule has 0 aliphatic carbocycles. The van der Waals surface area contributed by atoms with Gasteiger partial charge in [-0.15, -0.1) is 0 Å². The summed E-state index contributed by atoms with van der Waals surface area (Å²) in [6, 6.07) is 6.29. The second-order valence-electron chi connectivity index (χ2n) is 8.27. The molecule has 2 heterocycles. The van der Waals surface area contributed by atoms with Crippen molar-refractivity contribution in [3.8, 4) is 5.75 Å². The molecule has 0 spiro atoms. The highest BCUT2D eigenvalue weighted by molar-refractivity contribution is 7.89. The zero-order chi connectivity index (χ0) is 22.8. The van der Waals surface area contributed by atoms with Crippen LogP contribution in [0.4, 0.5) is 10.2 Å². The van der Waals surface area contributed by atoms with Gasteiger partial charge in [-0.2, -0.15) is 0 Å². The third kappa shape index (κ3) is 6.08. The molecule has 0 saturated carbocycles. The number of amides is 1. The van der Waals surface area contributed by atoms with E-state index in [0.717, 1.165) is 0 Å². The summed E-state index contributed by atoms with van der Waals surface area (Å²) in [6.45, 7) is 2.27. The number of halogens is 1. The summed E-state index contributed by atoms with van der Waals surface area (Å²) in [5.74, 6) is -0.768. The van der Waals surface area contributed by atoms with Crippen LogP contribution in [0, 0.1) is 12.7 Å². The Morgan fingerprint density at radius 3 is 2.65 bits per heavy atom. The van der Waals surface area contributed by atoms with Crippen molar-refractivity contribution >= 4 is 45.3 Å². The number of benzene rings is 1. The van der Waals surface area contributed by atoms with E-state index in [2.05, 4.69) is 15.0 Å². The van der Waals surface area contributed by atoms with Gasteiger partial charge in [0.05, 0.1) is 22.8 Å². The highest BCUT2D eigenvalue weighted by atomic mass is 32.2. The predicted octanol–water partition coefficient (Wildman–Crippen LogP) is -1.26. The zero-order valence-corrected chi connectivity index (χ0v) is 18.7. The summed E-state index contributed by atoms with van der Waals surface area (Å²) >= 11 is 0. The first kappa shape index (κ1) is 23.3. The van der Waals surface area contributed by atoms with Crippen LogP contribution in [0.3, 0.4) is 0 Å². The van der Waals surface area contributed by atoms with E-state index in [-0.39, 0.29) is 33.8 Å². The molecule has 1 atom stereocenters. The molecule has 3 rings (SSSR count). The highest BCUT2D eigenvalue weighted by Gasteiger charge is 2.26. The lowest BCUT2D eigenvalue weighted by molar-refractivity contribution is 0.102. The van der Waals surface area contributed by atoms with Gasteiger partial charge in [-0.05, 0) is 43.7 Å². The molecule has 31 heavy (non-hydrogen) atoms. The minimum Gasteiger partial charge on any atom is -0.513 e. The van der Waals surface area contributed by atoms with Gasteiger partial charge in [0.25, 0.3) is 5.91 Å². The fraction of sp³-hybridized carbons (Fsp3) is 0.333. The molecule has 1 aliphatic rings. The summed E-state index contributed by atoms with van der Waals surface area (Å²) < 4.78 is 52.8. The maximum Gasteiger partial charge on any atom is 0.260 e. The Hall–Kier alpha value is -2.37. The van der Waals surface area contributed by atoms with Gasteiger partial charge >= 0.3 is 0 Å². The molecule has 1 saturated heterocycles. The van der Waals surface area contributed by atoms with Crippen molar-refractivity contribution in [3.63, 3.8) is 0 Å². The number of aromatic nitrogens is 1. The molecule has 1 amide bonds. The molecular formula is C18H23B3FN3O5S. The van der Waals surface area contributed by atoms with Crippen LogP contribution in [0.5, 0.6) is 5.75 Å². The van der Waals surface area contributed by atoms with Gasteiger partial charge in [0.1, 0.15) is 40.9 Å². The average Bonchev–Trinajstić information content (AvgIpc) is 3.16. The van der Waals surface area contributed by atoms with E-state index in [1.807, 2.05) is 23.5 Å². The summed E-state index contributed by atoms with van der Waals surface area (Å²) in [6.07, 6.45) is 0.577. The molecule has 1 aromatic heterocycles. The topological polar surface area (TPSA) is 107 Å². The van der Waals surface area contributed by atoms with E-state index in [4.69, 9.17) is 9.47 Å². The van der Waals surface area contributed by atoms with Crippen molar-refractivity contribution in [2.75, 3.05) is 18.5 Å². The fourth-order valence-corrected chi connectivity index (χ4v) is 4.27. The lowest BCUT2D eigenvalue weighted by Gasteiger charge is -2.24. The van der Waals surface area contributed by atoms with Crippen LogP contribution < -0.4 is 14.8 Å². The molecule has 1 fully saturated rings. The van der Waals surface area contributed by atoms with E-state index < -0.39 is 27.0 Å². The van der Waals surface area contributed by atoms with E-state index in [9.17, 15) is 17.6 Å². The maximum absolute atomic E-state index is 13.5. The monoisotopic (exact) mass is 445 g/mol. The minimum absolute atomic E-state index is 0.0178. The number of sulfonamides is 1. The molecule has 162 valence electrons. The number of hydrogen-bond acceptors (Lipinski definition) is 6. The van der Waals surface area contributed by atoms with Gasteiger partial charge in [0.15, 0.2) is 0 Å². The SMILES string of the molecule is BC(B)(B)Oc1ccc(S(=O)(=O)N[C@H]2CCOC2)cc1C(=O)Nc1ccc(F)c(C)n1. The Labute approximate surface area is 183 Å². The Bertz CT molecular complexity index is 1090. The number of carbonyl (C=O) groups excluding carboxylic acids is 1. The third-order valence-corrected chi connectivity index (χ3v) is 5.95. The number of rotatable bonds is 7. The zero-order valence-electron chi connectivity index (χ0n) is 17.9. The molecule has 2 aromatic rings. The number of aryl methyl sites for hydroxylation is 1. The van der Waals surface area contributed by atoms with Crippen molar-refractivity contribution in [1.82, 2.24) is 9.71 Å². The first-order valence-corrected chi connectivity index (χ1v) is 11.3. The second-order valence-corrected chi connectivity index (χ2v) is 9.99. The number of pyridine rings is 1. The van der Waals surface area contributed by atoms with Crippen LogP contribution in [-0.2, 0) is 14.8 Å². The van der Waals surface area contributed by atoms with Crippen molar-refractivity contribution < 1.29 is 27.1 Å². The molecular weight excluding hydrogens is 422 g/mol.